The third-order valence-corrected chi connectivity index (χ3v) is 5.25. The van der Waals surface area contributed by atoms with Gasteiger partial charge >= 0.3 is 0 Å². The second-order valence-corrected chi connectivity index (χ2v) is 7.62. The SMILES string of the molecule is C[C@H](Oc1ccc(Cl)cc1Cl)C(=O)N1CCC(NC(=O)c2ccccc2)CC1. The van der Waals surface area contributed by atoms with Crippen LogP contribution in [0.15, 0.2) is 48.5 Å². The Labute approximate surface area is 174 Å². The number of carbonyl (C=O) groups excluding carboxylic acids is 2. The summed E-state index contributed by atoms with van der Waals surface area (Å²) in [4.78, 5) is 26.7. The van der Waals surface area contributed by atoms with Gasteiger partial charge in [0, 0.05) is 29.7 Å². The Kier molecular flexibility index (Phi) is 6.81. The third kappa shape index (κ3) is 5.18. The number of piperidine rings is 1. The Balaban J connectivity index is 1.49. The van der Waals surface area contributed by atoms with E-state index in [1.807, 2.05) is 18.2 Å². The van der Waals surface area contributed by atoms with Gasteiger partial charge in [-0.2, -0.15) is 0 Å². The molecule has 28 heavy (non-hydrogen) atoms. The molecule has 148 valence electrons. The molecule has 1 aliphatic heterocycles. The largest absolute Gasteiger partial charge is 0.479 e. The van der Waals surface area contributed by atoms with Crippen LogP contribution in [-0.2, 0) is 4.79 Å². The van der Waals surface area contributed by atoms with Gasteiger partial charge in [0.05, 0.1) is 5.02 Å². The van der Waals surface area contributed by atoms with Crippen molar-refractivity contribution in [3.05, 3.63) is 64.1 Å². The van der Waals surface area contributed by atoms with Crippen LogP contribution >= 0.6 is 23.2 Å². The van der Waals surface area contributed by atoms with E-state index in [1.54, 1.807) is 42.2 Å². The second-order valence-electron chi connectivity index (χ2n) is 6.77. The van der Waals surface area contributed by atoms with E-state index in [2.05, 4.69) is 5.32 Å². The quantitative estimate of drug-likeness (QED) is 0.788. The van der Waals surface area contributed by atoms with Crippen molar-refractivity contribution in [2.75, 3.05) is 13.1 Å². The molecule has 1 heterocycles. The number of carbonyl (C=O) groups is 2. The lowest BCUT2D eigenvalue weighted by molar-refractivity contribution is -0.139. The van der Waals surface area contributed by atoms with E-state index in [0.717, 1.165) is 0 Å². The highest BCUT2D eigenvalue weighted by Gasteiger charge is 2.28. The molecule has 5 nitrogen and oxygen atoms in total. The lowest BCUT2D eigenvalue weighted by atomic mass is 10.0. The Bertz CT molecular complexity index is 837. The molecule has 2 amide bonds. The molecule has 0 spiro atoms. The van der Waals surface area contributed by atoms with Crippen molar-refractivity contribution in [3.63, 3.8) is 0 Å². The van der Waals surface area contributed by atoms with E-state index in [9.17, 15) is 9.59 Å². The van der Waals surface area contributed by atoms with Crippen molar-refractivity contribution >= 4 is 35.0 Å². The molecule has 0 unspecified atom stereocenters. The van der Waals surface area contributed by atoms with Gasteiger partial charge < -0.3 is 15.0 Å². The van der Waals surface area contributed by atoms with Crippen LogP contribution in [0.5, 0.6) is 5.75 Å². The van der Waals surface area contributed by atoms with E-state index in [0.29, 0.717) is 47.3 Å². The number of nitrogens with zero attached hydrogens (tertiary/aromatic N) is 1. The monoisotopic (exact) mass is 420 g/mol. The highest BCUT2D eigenvalue weighted by atomic mass is 35.5. The molecule has 0 radical (unpaired) electrons. The van der Waals surface area contributed by atoms with E-state index < -0.39 is 6.10 Å². The summed E-state index contributed by atoms with van der Waals surface area (Å²) in [6, 6.07) is 14.1. The summed E-state index contributed by atoms with van der Waals surface area (Å²) in [6.45, 7) is 2.85. The Morgan fingerprint density at radius 3 is 2.43 bits per heavy atom. The third-order valence-electron chi connectivity index (χ3n) is 4.72. The van der Waals surface area contributed by atoms with Gasteiger partial charge in [0.25, 0.3) is 11.8 Å². The summed E-state index contributed by atoms with van der Waals surface area (Å²) in [5, 5.41) is 3.92. The van der Waals surface area contributed by atoms with Gasteiger partial charge in [-0.15, -0.1) is 0 Å². The molecule has 0 saturated carbocycles. The first-order valence-electron chi connectivity index (χ1n) is 9.20. The van der Waals surface area contributed by atoms with Crippen molar-refractivity contribution in [2.24, 2.45) is 0 Å². The number of hydrogen-bond donors (Lipinski definition) is 1. The molecule has 0 aromatic heterocycles. The topological polar surface area (TPSA) is 58.6 Å². The molecular formula is C21H22Cl2N2O3. The smallest absolute Gasteiger partial charge is 0.263 e. The predicted molar refractivity (Wildman–Crippen MR) is 110 cm³/mol. The Morgan fingerprint density at radius 2 is 1.79 bits per heavy atom. The molecule has 3 rings (SSSR count). The molecule has 1 saturated heterocycles. The van der Waals surface area contributed by atoms with E-state index in [-0.39, 0.29) is 17.9 Å². The fourth-order valence-corrected chi connectivity index (χ4v) is 3.62. The van der Waals surface area contributed by atoms with Gasteiger partial charge in [0.2, 0.25) is 0 Å². The zero-order chi connectivity index (χ0) is 20.1. The summed E-state index contributed by atoms with van der Waals surface area (Å²) < 4.78 is 5.71. The number of ether oxygens (including phenoxy) is 1. The number of likely N-dealkylation sites (tertiary alicyclic amines) is 1. The van der Waals surface area contributed by atoms with E-state index >= 15 is 0 Å². The van der Waals surface area contributed by atoms with E-state index in [4.69, 9.17) is 27.9 Å². The van der Waals surface area contributed by atoms with Crippen LogP contribution in [0.25, 0.3) is 0 Å². The fourth-order valence-electron chi connectivity index (χ4n) is 3.17. The molecule has 1 N–H and O–H groups in total. The first-order chi connectivity index (χ1) is 13.4. The highest BCUT2D eigenvalue weighted by molar-refractivity contribution is 6.35. The zero-order valence-corrected chi connectivity index (χ0v) is 17.0. The molecule has 2 aromatic rings. The summed E-state index contributed by atoms with van der Waals surface area (Å²) in [5.74, 6) is 0.246. The summed E-state index contributed by atoms with van der Waals surface area (Å²) in [6.07, 6.45) is 0.756. The number of halogens is 2. The fraction of sp³-hybridized carbons (Fsp3) is 0.333. The van der Waals surface area contributed by atoms with Crippen LogP contribution in [0.2, 0.25) is 10.0 Å². The number of amides is 2. The molecule has 1 aliphatic rings. The minimum absolute atomic E-state index is 0.0543. The lowest BCUT2D eigenvalue weighted by Gasteiger charge is -2.34. The normalized spacial score (nSPS) is 15.8. The van der Waals surface area contributed by atoms with Gasteiger partial charge in [-0.1, -0.05) is 41.4 Å². The molecule has 7 heteroatoms. The van der Waals surface area contributed by atoms with Crippen molar-refractivity contribution < 1.29 is 14.3 Å². The van der Waals surface area contributed by atoms with Crippen molar-refractivity contribution in [1.82, 2.24) is 10.2 Å². The Morgan fingerprint density at radius 1 is 1.11 bits per heavy atom. The number of hydrogen-bond acceptors (Lipinski definition) is 3. The van der Waals surface area contributed by atoms with Gasteiger partial charge in [-0.3, -0.25) is 9.59 Å². The van der Waals surface area contributed by atoms with Gasteiger partial charge in [0.15, 0.2) is 6.10 Å². The van der Waals surface area contributed by atoms with Crippen molar-refractivity contribution in [2.45, 2.75) is 31.9 Å². The molecule has 1 fully saturated rings. The molecule has 2 aromatic carbocycles. The summed E-state index contributed by atoms with van der Waals surface area (Å²) in [5.41, 5.74) is 0.642. The van der Waals surface area contributed by atoms with Crippen LogP contribution in [0.3, 0.4) is 0 Å². The molecule has 0 bridgehead atoms. The van der Waals surface area contributed by atoms with Crippen molar-refractivity contribution in [3.8, 4) is 5.75 Å². The van der Waals surface area contributed by atoms with Crippen LogP contribution in [0.1, 0.15) is 30.1 Å². The van der Waals surface area contributed by atoms with Gasteiger partial charge in [-0.25, -0.2) is 0 Å². The Hall–Kier alpha value is -2.24. The maximum absolute atomic E-state index is 12.7. The van der Waals surface area contributed by atoms with Crippen molar-refractivity contribution in [1.29, 1.82) is 0 Å². The van der Waals surface area contributed by atoms with E-state index in [1.165, 1.54) is 0 Å². The zero-order valence-electron chi connectivity index (χ0n) is 15.5. The number of nitrogens with one attached hydrogen (secondary N) is 1. The minimum atomic E-state index is -0.658. The lowest BCUT2D eigenvalue weighted by Crippen LogP contribution is -2.49. The van der Waals surface area contributed by atoms with Crippen LogP contribution in [0, 0.1) is 0 Å². The summed E-state index contributed by atoms with van der Waals surface area (Å²) >= 11 is 12.0. The maximum Gasteiger partial charge on any atom is 0.263 e. The summed E-state index contributed by atoms with van der Waals surface area (Å²) in [7, 11) is 0. The molecular weight excluding hydrogens is 399 g/mol. The molecule has 0 aliphatic carbocycles. The standard InChI is InChI=1S/C21H22Cl2N2O3/c1-14(28-19-8-7-16(22)13-18(19)23)21(27)25-11-9-17(10-12-25)24-20(26)15-5-3-2-4-6-15/h2-8,13-14,17H,9-12H2,1H3,(H,24,26)/t14-/m0/s1. The average molecular weight is 421 g/mol. The second kappa shape index (κ2) is 9.30. The minimum Gasteiger partial charge on any atom is -0.479 e. The number of rotatable bonds is 5. The first kappa shape index (κ1) is 20.5. The van der Waals surface area contributed by atoms with Crippen LogP contribution in [0.4, 0.5) is 0 Å². The maximum atomic E-state index is 12.7. The first-order valence-corrected chi connectivity index (χ1v) is 9.96. The predicted octanol–water partition coefficient (Wildman–Crippen LogP) is 4.18. The van der Waals surface area contributed by atoms with Gasteiger partial charge in [0.1, 0.15) is 5.75 Å². The number of benzene rings is 2. The van der Waals surface area contributed by atoms with Crippen LogP contribution < -0.4 is 10.1 Å². The van der Waals surface area contributed by atoms with Crippen LogP contribution in [-0.4, -0.2) is 41.9 Å². The molecule has 1 atom stereocenters. The highest BCUT2D eigenvalue weighted by Crippen LogP contribution is 2.28. The van der Waals surface area contributed by atoms with Gasteiger partial charge in [-0.05, 0) is 50.1 Å². The average Bonchev–Trinajstić information content (AvgIpc) is 2.70.